The SMILES string of the molecule is O=Cc1ccc(NC(=O)c2cccc(F)c2Br)cc1. The van der Waals surface area contributed by atoms with Crippen LogP contribution in [0.1, 0.15) is 20.7 Å². The van der Waals surface area contributed by atoms with Crippen LogP contribution in [0.3, 0.4) is 0 Å². The van der Waals surface area contributed by atoms with Gasteiger partial charge in [0.05, 0.1) is 10.0 Å². The highest BCUT2D eigenvalue weighted by Gasteiger charge is 2.12. The second-order valence-electron chi connectivity index (χ2n) is 3.80. The third-order valence-electron chi connectivity index (χ3n) is 2.50. The average Bonchev–Trinajstić information content (AvgIpc) is 2.42. The Morgan fingerprint density at radius 1 is 1.16 bits per heavy atom. The van der Waals surface area contributed by atoms with Gasteiger partial charge in [-0.3, -0.25) is 9.59 Å². The normalized spacial score (nSPS) is 10.0. The van der Waals surface area contributed by atoms with Gasteiger partial charge in [0.15, 0.2) is 0 Å². The van der Waals surface area contributed by atoms with Crippen LogP contribution in [0.4, 0.5) is 10.1 Å². The van der Waals surface area contributed by atoms with Crippen molar-refractivity contribution < 1.29 is 14.0 Å². The molecule has 0 atom stereocenters. The maximum Gasteiger partial charge on any atom is 0.256 e. The molecule has 0 fully saturated rings. The number of anilines is 1. The van der Waals surface area contributed by atoms with Gasteiger partial charge in [0.25, 0.3) is 5.91 Å². The van der Waals surface area contributed by atoms with Crippen LogP contribution >= 0.6 is 15.9 Å². The van der Waals surface area contributed by atoms with E-state index in [1.165, 1.54) is 18.2 Å². The summed E-state index contributed by atoms with van der Waals surface area (Å²) in [5.74, 6) is -0.922. The summed E-state index contributed by atoms with van der Waals surface area (Å²) < 4.78 is 13.4. The van der Waals surface area contributed by atoms with Crippen molar-refractivity contribution in [2.45, 2.75) is 0 Å². The van der Waals surface area contributed by atoms with Gasteiger partial charge in [0.1, 0.15) is 12.1 Å². The molecule has 0 bridgehead atoms. The first-order valence-electron chi connectivity index (χ1n) is 5.42. The fourth-order valence-electron chi connectivity index (χ4n) is 1.52. The molecule has 2 aromatic rings. The molecule has 0 unspecified atom stereocenters. The van der Waals surface area contributed by atoms with Crippen LogP contribution in [0.2, 0.25) is 0 Å². The lowest BCUT2D eigenvalue weighted by molar-refractivity contribution is 0.102. The molecule has 2 rings (SSSR count). The first kappa shape index (κ1) is 13.4. The number of aldehydes is 1. The number of carbonyl (C=O) groups excluding carboxylic acids is 2. The van der Waals surface area contributed by atoms with Crippen LogP contribution in [-0.2, 0) is 0 Å². The number of benzene rings is 2. The maximum atomic E-state index is 13.3. The van der Waals surface area contributed by atoms with E-state index in [1.54, 1.807) is 24.3 Å². The fourth-order valence-corrected chi connectivity index (χ4v) is 1.97. The van der Waals surface area contributed by atoms with Crippen LogP contribution in [0.5, 0.6) is 0 Å². The van der Waals surface area contributed by atoms with E-state index in [0.717, 1.165) is 6.29 Å². The van der Waals surface area contributed by atoms with E-state index in [2.05, 4.69) is 21.2 Å². The Kier molecular flexibility index (Phi) is 4.06. The van der Waals surface area contributed by atoms with E-state index >= 15 is 0 Å². The molecular formula is C14H9BrFNO2. The lowest BCUT2D eigenvalue weighted by atomic mass is 10.2. The fraction of sp³-hybridized carbons (Fsp3) is 0. The Morgan fingerprint density at radius 2 is 1.84 bits per heavy atom. The third kappa shape index (κ3) is 3.06. The van der Waals surface area contributed by atoms with E-state index in [-0.39, 0.29) is 10.0 Å². The summed E-state index contributed by atoms with van der Waals surface area (Å²) in [6.07, 6.45) is 0.717. The Morgan fingerprint density at radius 3 is 2.47 bits per heavy atom. The number of nitrogens with one attached hydrogen (secondary N) is 1. The highest BCUT2D eigenvalue weighted by molar-refractivity contribution is 9.10. The molecule has 5 heteroatoms. The van der Waals surface area contributed by atoms with E-state index in [1.807, 2.05) is 0 Å². The second-order valence-corrected chi connectivity index (χ2v) is 4.59. The van der Waals surface area contributed by atoms with Gasteiger partial charge in [-0.25, -0.2) is 4.39 Å². The van der Waals surface area contributed by atoms with E-state index in [0.29, 0.717) is 11.3 Å². The minimum Gasteiger partial charge on any atom is -0.322 e. The van der Waals surface area contributed by atoms with Crippen LogP contribution in [0, 0.1) is 5.82 Å². The topological polar surface area (TPSA) is 46.2 Å². The molecule has 19 heavy (non-hydrogen) atoms. The van der Waals surface area contributed by atoms with Crippen LogP contribution in [0.15, 0.2) is 46.9 Å². The number of hydrogen-bond acceptors (Lipinski definition) is 2. The second kappa shape index (κ2) is 5.75. The van der Waals surface area contributed by atoms with Crippen LogP contribution in [-0.4, -0.2) is 12.2 Å². The van der Waals surface area contributed by atoms with Gasteiger partial charge in [0.2, 0.25) is 0 Å². The molecule has 0 spiro atoms. The van der Waals surface area contributed by atoms with Crippen molar-refractivity contribution >= 4 is 33.8 Å². The van der Waals surface area contributed by atoms with Crippen molar-refractivity contribution in [1.29, 1.82) is 0 Å². The molecule has 1 N–H and O–H groups in total. The zero-order valence-electron chi connectivity index (χ0n) is 9.69. The molecule has 0 radical (unpaired) electrons. The first-order valence-corrected chi connectivity index (χ1v) is 6.21. The smallest absolute Gasteiger partial charge is 0.256 e. The average molecular weight is 322 g/mol. The molecule has 3 nitrogen and oxygen atoms in total. The molecule has 96 valence electrons. The number of rotatable bonds is 3. The van der Waals surface area contributed by atoms with Gasteiger partial charge in [-0.05, 0) is 52.3 Å². The van der Waals surface area contributed by atoms with Crippen LogP contribution in [0.25, 0.3) is 0 Å². The predicted octanol–water partition coefficient (Wildman–Crippen LogP) is 3.65. The predicted molar refractivity (Wildman–Crippen MR) is 73.9 cm³/mol. The third-order valence-corrected chi connectivity index (χ3v) is 3.31. The summed E-state index contributed by atoms with van der Waals surface area (Å²) in [5, 5.41) is 2.63. The molecule has 2 aromatic carbocycles. The minimum absolute atomic E-state index is 0.122. The molecule has 1 amide bonds. The summed E-state index contributed by atoms with van der Waals surface area (Å²) in [6.45, 7) is 0. The highest BCUT2D eigenvalue weighted by atomic mass is 79.9. The van der Waals surface area contributed by atoms with Gasteiger partial charge in [-0.2, -0.15) is 0 Å². The van der Waals surface area contributed by atoms with Gasteiger partial charge >= 0.3 is 0 Å². The molecular weight excluding hydrogens is 313 g/mol. The lowest BCUT2D eigenvalue weighted by Gasteiger charge is -2.07. The lowest BCUT2D eigenvalue weighted by Crippen LogP contribution is -2.13. The molecule has 0 aliphatic rings. The minimum atomic E-state index is -0.496. The molecule has 0 heterocycles. The van der Waals surface area contributed by atoms with E-state index in [9.17, 15) is 14.0 Å². The molecule has 0 aliphatic carbocycles. The van der Waals surface area contributed by atoms with Crippen molar-refractivity contribution in [3.05, 3.63) is 63.9 Å². The number of carbonyl (C=O) groups is 2. The van der Waals surface area contributed by atoms with Crippen molar-refractivity contribution in [2.75, 3.05) is 5.32 Å². The number of halogens is 2. The van der Waals surface area contributed by atoms with Gasteiger partial charge in [0, 0.05) is 11.3 Å². The van der Waals surface area contributed by atoms with Crippen molar-refractivity contribution in [1.82, 2.24) is 0 Å². The summed E-state index contributed by atoms with van der Waals surface area (Å²) in [4.78, 5) is 22.5. The van der Waals surface area contributed by atoms with Gasteiger partial charge in [-0.1, -0.05) is 6.07 Å². The number of amides is 1. The summed E-state index contributed by atoms with van der Waals surface area (Å²) in [5.41, 5.74) is 1.26. The first-order chi connectivity index (χ1) is 9.11. The van der Waals surface area contributed by atoms with Crippen molar-refractivity contribution in [3.63, 3.8) is 0 Å². The van der Waals surface area contributed by atoms with E-state index in [4.69, 9.17) is 0 Å². The summed E-state index contributed by atoms with van der Waals surface area (Å²) in [6, 6.07) is 10.6. The van der Waals surface area contributed by atoms with Crippen molar-refractivity contribution in [2.24, 2.45) is 0 Å². The molecule has 0 saturated heterocycles. The quantitative estimate of drug-likeness (QED) is 0.877. The Balaban J connectivity index is 2.20. The zero-order valence-corrected chi connectivity index (χ0v) is 11.3. The van der Waals surface area contributed by atoms with Gasteiger partial charge < -0.3 is 5.32 Å². The monoisotopic (exact) mass is 321 g/mol. The molecule has 0 aliphatic heterocycles. The summed E-state index contributed by atoms with van der Waals surface area (Å²) in [7, 11) is 0. The Bertz CT molecular complexity index is 626. The highest BCUT2D eigenvalue weighted by Crippen LogP contribution is 2.21. The Labute approximate surface area is 117 Å². The Hall–Kier alpha value is -2.01. The largest absolute Gasteiger partial charge is 0.322 e. The molecule has 0 aromatic heterocycles. The van der Waals surface area contributed by atoms with Crippen LogP contribution < -0.4 is 5.32 Å². The molecule has 0 saturated carbocycles. The van der Waals surface area contributed by atoms with Gasteiger partial charge in [-0.15, -0.1) is 0 Å². The number of hydrogen-bond donors (Lipinski definition) is 1. The van der Waals surface area contributed by atoms with Crippen molar-refractivity contribution in [3.8, 4) is 0 Å². The maximum absolute atomic E-state index is 13.3. The summed E-state index contributed by atoms with van der Waals surface area (Å²) >= 11 is 3.03. The van der Waals surface area contributed by atoms with E-state index < -0.39 is 11.7 Å². The standard InChI is InChI=1S/C14H9BrFNO2/c15-13-11(2-1-3-12(13)16)14(19)17-10-6-4-9(8-18)5-7-10/h1-8H,(H,17,19). The zero-order chi connectivity index (χ0) is 13.8.